The maximum atomic E-state index is 12.6. The molecule has 3 rings (SSSR count). The number of ether oxygens (including phenoxy) is 1. The zero-order chi connectivity index (χ0) is 17.6. The van der Waals surface area contributed by atoms with E-state index in [1.54, 1.807) is 11.9 Å². The predicted octanol–water partition coefficient (Wildman–Crippen LogP) is 2.08. The van der Waals surface area contributed by atoms with Gasteiger partial charge in [-0.1, -0.05) is 23.4 Å². The summed E-state index contributed by atoms with van der Waals surface area (Å²) in [5.41, 5.74) is 1.27. The molecule has 2 heterocycles. The van der Waals surface area contributed by atoms with Gasteiger partial charge >= 0.3 is 0 Å². The lowest BCUT2D eigenvalue weighted by Crippen LogP contribution is -2.32. The van der Waals surface area contributed by atoms with Crippen molar-refractivity contribution in [3.8, 4) is 5.75 Å². The van der Waals surface area contributed by atoms with Gasteiger partial charge in [0.05, 0.1) is 18.3 Å². The molecular weight excluding hydrogens is 354 g/mol. The molecule has 0 atom stereocenters. The molecule has 1 N–H and O–H groups in total. The number of carbonyl (C=O) groups excluding carboxylic acids is 1. The molecule has 1 saturated heterocycles. The molecule has 1 aromatic heterocycles. The molecule has 142 valence electrons. The number of benzene rings is 1. The van der Waals surface area contributed by atoms with Gasteiger partial charge in [0, 0.05) is 7.05 Å². The normalized spacial score (nSPS) is 14.5. The molecule has 0 saturated carbocycles. The second-order valence-electron chi connectivity index (χ2n) is 6.34. The van der Waals surface area contributed by atoms with Crippen LogP contribution in [0.5, 0.6) is 5.75 Å². The fraction of sp³-hybridized carbons (Fsp3) is 0.500. The fourth-order valence-electron chi connectivity index (χ4n) is 3.04. The predicted molar refractivity (Wildman–Crippen MR) is 102 cm³/mol. The molecule has 7 nitrogen and oxygen atoms in total. The minimum absolute atomic E-state index is 0. The number of nitrogens with one attached hydrogen (secondary N) is 1. The standard InChI is InChI=1S/C18H25N5O2.ClH/c1-14-17(20-21-23(14)15-8-10-19-11-9-15)18(24)22(2)12-13-25-16-6-4-3-5-7-16;/h3-7,15,19H,8-13H2,1-2H3;1H. The van der Waals surface area contributed by atoms with Gasteiger partial charge in [0.1, 0.15) is 12.4 Å². The molecule has 1 aliphatic heterocycles. The second-order valence-corrected chi connectivity index (χ2v) is 6.34. The second kappa shape index (κ2) is 9.54. The first-order valence-corrected chi connectivity index (χ1v) is 8.72. The van der Waals surface area contributed by atoms with Crippen LogP contribution in [0.4, 0.5) is 0 Å². The molecule has 1 amide bonds. The van der Waals surface area contributed by atoms with Gasteiger partial charge < -0.3 is 15.0 Å². The van der Waals surface area contributed by atoms with Gasteiger partial charge in [0.15, 0.2) is 5.69 Å². The van der Waals surface area contributed by atoms with Crippen LogP contribution in [0.15, 0.2) is 30.3 Å². The Kier molecular flexibility index (Phi) is 7.41. The molecule has 1 aromatic carbocycles. The molecular formula is C18H26ClN5O2. The molecule has 1 aliphatic rings. The van der Waals surface area contributed by atoms with Crippen molar-refractivity contribution in [1.82, 2.24) is 25.2 Å². The van der Waals surface area contributed by atoms with Crippen LogP contribution < -0.4 is 10.1 Å². The lowest BCUT2D eigenvalue weighted by Gasteiger charge is -2.23. The Balaban J connectivity index is 0.00000243. The number of para-hydroxylation sites is 1. The van der Waals surface area contributed by atoms with E-state index in [9.17, 15) is 4.79 Å². The Morgan fingerprint density at radius 2 is 2.00 bits per heavy atom. The summed E-state index contributed by atoms with van der Waals surface area (Å²) in [6, 6.07) is 9.91. The van der Waals surface area contributed by atoms with Crippen LogP contribution in [0.2, 0.25) is 0 Å². The summed E-state index contributed by atoms with van der Waals surface area (Å²) in [5.74, 6) is 0.686. The Morgan fingerprint density at radius 1 is 1.31 bits per heavy atom. The van der Waals surface area contributed by atoms with Crippen molar-refractivity contribution in [1.29, 1.82) is 0 Å². The van der Waals surface area contributed by atoms with Crippen LogP contribution in [0.1, 0.15) is 35.1 Å². The number of rotatable bonds is 6. The zero-order valence-electron chi connectivity index (χ0n) is 15.2. The maximum Gasteiger partial charge on any atom is 0.276 e. The first-order chi connectivity index (χ1) is 12.2. The number of piperidine rings is 1. The van der Waals surface area contributed by atoms with Crippen molar-refractivity contribution in [3.05, 3.63) is 41.7 Å². The number of carbonyl (C=O) groups is 1. The molecule has 0 aliphatic carbocycles. The number of aromatic nitrogens is 3. The molecule has 0 radical (unpaired) electrons. The lowest BCUT2D eigenvalue weighted by atomic mass is 10.1. The zero-order valence-corrected chi connectivity index (χ0v) is 16.0. The molecule has 0 bridgehead atoms. The first kappa shape index (κ1) is 20.2. The first-order valence-electron chi connectivity index (χ1n) is 8.72. The lowest BCUT2D eigenvalue weighted by molar-refractivity contribution is 0.0767. The van der Waals surface area contributed by atoms with Crippen LogP contribution >= 0.6 is 12.4 Å². The van der Waals surface area contributed by atoms with Crippen molar-refractivity contribution in [3.63, 3.8) is 0 Å². The Labute approximate surface area is 160 Å². The summed E-state index contributed by atoms with van der Waals surface area (Å²) in [7, 11) is 1.76. The van der Waals surface area contributed by atoms with Gasteiger partial charge in [-0.05, 0) is 45.0 Å². The van der Waals surface area contributed by atoms with E-state index in [1.165, 1.54) is 0 Å². The van der Waals surface area contributed by atoms with E-state index < -0.39 is 0 Å². The third-order valence-electron chi connectivity index (χ3n) is 4.57. The smallest absolute Gasteiger partial charge is 0.276 e. The summed E-state index contributed by atoms with van der Waals surface area (Å²) >= 11 is 0. The fourth-order valence-corrected chi connectivity index (χ4v) is 3.04. The molecule has 2 aromatic rings. The highest BCUT2D eigenvalue weighted by Gasteiger charge is 2.24. The maximum absolute atomic E-state index is 12.6. The highest BCUT2D eigenvalue weighted by atomic mass is 35.5. The average Bonchev–Trinajstić information content (AvgIpc) is 3.04. The minimum Gasteiger partial charge on any atom is -0.492 e. The average molecular weight is 380 g/mol. The van der Waals surface area contributed by atoms with Gasteiger partial charge in [-0.25, -0.2) is 4.68 Å². The van der Waals surface area contributed by atoms with Gasteiger partial charge in [-0.2, -0.15) is 0 Å². The monoisotopic (exact) mass is 379 g/mol. The molecule has 0 unspecified atom stereocenters. The molecule has 8 heteroatoms. The van der Waals surface area contributed by atoms with E-state index >= 15 is 0 Å². The number of halogens is 1. The van der Waals surface area contributed by atoms with Crippen molar-refractivity contribution in [2.24, 2.45) is 0 Å². The van der Waals surface area contributed by atoms with E-state index in [-0.39, 0.29) is 18.3 Å². The highest BCUT2D eigenvalue weighted by molar-refractivity contribution is 5.93. The number of hydrogen-bond donors (Lipinski definition) is 1. The summed E-state index contributed by atoms with van der Waals surface area (Å²) < 4.78 is 7.56. The van der Waals surface area contributed by atoms with E-state index in [2.05, 4.69) is 15.6 Å². The minimum atomic E-state index is -0.116. The van der Waals surface area contributed by atoms with Crippen molar-refractivity contribution >= 4 is 18.3 Å². The van der Waals surface area contributed by atoms with Gasteiger partial charge in [-0.3, -0.25) is 4.79 Å². The van der Waals surface area contributed by atoms with Gasteiger partial charge in [0.25, 0.3) is 5.91 Å². The van der Waals surface area contributed by atoms with E-state index in [1.807, 2.05) is 41.9 Å². The van der Waals surface area contributed by atoms with Crippen molar-refractivity contribution < 1.29 is 9.53 Å². The number of nitrogens with zero attached hydrogens (tertiary/aromatic N) is 4. The third-order valence-corrected chi connectivity index (χ3v) is 4.57. The van der Waals surface area contributed by atoms with Crippen LogP contribution in [0, 0.1) is 6.92 Å². The van der Waals surface area contributed by atoms with E-state index in [4.69, 9.17) is 4.74 Å². The Hall–Kier alpha value is -2.12. The summed E-state index contributed by atoms with van der Waals surface area (Å²) in [4.78, 5) is 14.3. The molecule has 1 fully saturated rings. The number of amides is 1. The summed E-state index contributed by atoms with van der Waals surface area (Å²) in [5, 5.41) is 11.7. The Morgan fingerprint density at radius 3 is 2.69 bits per heavy atom. The van der Waals surface area contributed by atoms with Crippen LogP contribution in [0.25, 0.3) is 0 Å². The topological polar surface area (TPSA) is 72.3 Å². The third kappa shape index (κ3) is 4.74. The summed E-state index contributed by atoms with van der Waals surface area (Å²) in [6.45, 7) is 4.80. The largest absolute Gasteiger partial charge is 0.492 e. The van der Waals surface area contributed by atoms with Crippen LogP contribution in [-0.4, -0.2) is 59.1 Å². The number of likely N-dealkylation sites (N-methyl/N-ethyl adjacent to an activating group) is 1. The van der Waals surface area contributed by atoms with Gasteiger partial charge in [0.2, 0.25) is 0 Å². The van der Waals surface area contributed by atoms with Crippen LogP contribution in [0.3, 0.4) is 0 Å². The van der Waals surface area contributed by atoms with E-state index in [0.29, 0.717) is 24.9 Å². The summed E-state index contributed by atoms with van der Waals surface area (Å²) in [6.07, 6.45) is 2.02. The van der Waals surface area contributed by atoms with Crippen LogP contribution in [-0.2, 0) is 0 Å². The quantitative estimate of drug-likeness (QED) is 0.832. The van der Waals surface area contributed by atoms with E-state index in [0.717, 1.165) is 37.4 Å². The van der Waals surface area contributed by atoms with Gasteiger partial charge in [-0.15, -0.1) is 17.5 Å². The van der Waals surface area contributed by atoms with Crippen molar-refractivity contribution in [2.45, 2.75) is 25.8 Å². The number of hydrogen-bond acceptors (Lipinski definition) is 5. The molecule has 0 spiro atoms. The SMILES string of the molecule is Cc1c(C(=O)N(C)CCOc2ccccc2)nnn1C1CCNCC1.Cl. The Bertz CT molecular complexity index is 701. The van der Waals surface area contributed by atoms with Crippen molar-refractivity contribution in [2.75, 3.05) is 33.3 Å². The molecule has 26 heavy (non-hydrogen) atoms. The highest BCUT2D eigenvalue weighted by Crippen LogP contribution is 2.20.